The van der Waals surface area contributed by atoms with Gasteiger partial charge in [-0.3, -0.25) is 4.79 Å². The Bertz CT molecular complexity index is 822. The van der Waals surface area contributed by atoms with E-state index < -0.39 is 23.7 Å². The highest BCUT2D eigenvalue weighted by atomic mass is 32.1. The van der Waals surface area contributed by atoms with Gasteiger partial charge in [-0.15, -0.1) is 11.3 Å². The van der Waals surface area contributed by atoms with Crippen LogP contribution in [0.1, 0.15) is 20.8 Å². The number of amides is 1. The lowest BCUT2D eigenvalue weighted by Crippen LogP contribution is -2.69. The van der Waals surface area contributed by atoms with Crippen molar-refractivity contribution < 1.29 is 27.5 Å². The van der Waals surface area contributed by atoms with Crippen molar-refractivity contribution in [1.82, 2.24) is 10.3 Å². The Morgan fingerprint density at radius 3 is 2.42 bits per heavy atom. The second-order valence-electron chi connectivity index (χ2n) is 5.46. The van der Waals surface area contributed by atoms with E-state index in [1.54, 1.807) is 25.2 Å². The van der Waals surface area contributed by atoms with Crippen molar-refractivity contribution in [2.45, 2.75) is 25.7 Å². The molecule has 10 heteroatoms. The van der Waals surface area contributed by atoms with Gasteiger partial charge in [0.15, 0.2) is 5.13 Å². The first-order chi connectivity index (χ1) is 12.1. The second-order valence-corrected chi connectivity index (χ2v) is 6.70. The fourth-order valence-electron chi connectivity index (χ4n) is 2.15. The van der Waals surface area contributed by atoms with Gasteiger partial charge in [0.25, 0.3) is 5.91 Å². The van der Waals surface area contributed by atoms with Gasteiger partial charge in [0.2, 0.25) is 0 Å². The van der Waals surface area contributed by atoms with Gasteiger partial charge in [-0.2, -0.15) is 13.2 Å². The summed E-state index contributed by atoms with van der Waals surface area (Å²) in [5, 5.41) is 3.55. The molecule has 26 heavy (non-hydrogen) atoms. The first-order valence-electron chi connectivity index (χ1n) is 7.34. The Labute approximate surface area is 151 Å². The van der Waals surface area contributed by atoms with Crippen LogP contribution in [0.4, 0.5) is 18.3 Å². The smallest absolute Gasteiger partial charge is 0.442 e. The molecule has 2 aromatic rings. The summed E-state index contributed by atoms with van der Waals surface area (Å²) in [7, 11) is 0.802. The summed E-state index contributed by atoms with van der Waals surface area (Å²) in [5.74, 6) is -2.80. The van der Waals surface area contributed by atoms with Crippen molar-refractivity contribution in [3.8, 4) is 0 Å². The number of esters is 1. The number of aryl methyl sites for hydroxylation is 2. The highest BCUT2D eigenvalue weighted by molar-refractivity contribution is 7.15. The first kappa shape index (κ1) is 19.7. The van der Waals surface area contributed by atoms with Gasteiger partial charge >= 0.3 is 17.8 Å². The summed E-state index contributed by atoms with van der Waals surface area (Å²) in [4.78, 5) is 28.9. The number of thiazole rings is 1. The molecule has 1 aromatic carbocycles. The summed E-state index contributed by atoms with van der Waals surface area (Å²) in [6.45, 7) is 3.33. The number of ether oxygens (including phenoxy) is 1. The Hall–Kier alpha value is -2.62. The van der Waals surface area contributed by atoms with E-state index >= 15 is 0 Å². The third-order valence-corrected chi connectivity index (χ3v) is 4.24. The number of rotatable bonds is 5. The zero-order valence-electron chi connectivity index (χ0n) is 14.1. The number of aromatic nitrogens is 1. The van der Waals surface area contributed by atoms with E-state index in [1.165, 1.54) is 24.4 Å². The van der Waals surface area contributed by atoms with Crippen LogP contribution in [-0.4, -0.2) is 35.8 Å². The summed E-state index contributed by atoms with van der Waals surface area (Å²) in [6.07, 6.45) is -3.85. The normalized spacial score (nSPS) is 13.6. The summed E-state index contributed by atoms with van der Waals surface area (Å²) in [5.41, 5.74) is -2.83. The Kier molecular flexibility index (Phi) is 5.55. The minimum Gasteiger partial charge on any atom is -0.466 e. The maximum absolute atomic E-state index is 13.9. The number of nitrogens with zero attached hydrogens (tertiary/aromatic N) is 1. The number of hydrogen-bond acceptors (Lipinski definition) is 6. The van der Waals surface area contributed by atoms with Crippen LogP contribution in [0.5, 0.6) is 0 Å². The van der Waals surface area contributed by atoms with Crippen molar-refractivity contribution >= 4 is 28.3 Å². The van der Waals surface area contributed by atoms with Crippen molar-refractivity contribution in [3.05, 3.63) is 46.5 Å². The number of benzene rings is 1. The predicted molar refractivity (Wildman–Crippen MR) is 89.9 cm³/mol. The molecule has 2 N–H and O–H groups in total. The van der Waals surface area contributed by atoms with Crippen LogP contribution in [0.15, 0.2) is 30.5 Å². The van der Waals surface area contributed by atoms with E-state index in [2.05, 4.69) is 9.72 Å². The number of halogens is 3. The Morgan fingerprint density at radius 2 is 1.92 bits per heavy atom. The van der Waals surface area contributed by atoms with Crippen molar-refractivity contribution in [2.24, 2.45) is 0 Å². The lowest BCUT2D eigenvalue weighted by molar-refractivity contribution is -0.203. The van der Waals surface area contributed by atoms with E-state index in [9.17, 15) is 22.8 Å². The summed E-state index contributed by atoms with van der Waals surface area (Å²) >= 11 is 0.903. The molecule has 1 aromatic heterocycles. The van der Waals surface area contributed by atoms with Crippen molar-refractivity contribution in [1.29, 1.82) is 0 Å². The van der Waals surface area contributed by atoms with Crippen LogP contribution in [0.2, 0.25) is 0 Å². The zero-order valence-corrected chi connectivity index (χ0v) is 14.9. The maximum Gasteiger partial charge on any atom is 0.442 e. The average molecular weight is 387 g/mol. The van der Waals surface area contributed by atoms with Gasteiger partial charge in [-0.1, -0.05) is 17.7 Å². The lowest BCUT2D eigenvalue weighted by atomic mass is 10.1. The molecule has 0 fully saturated rings. The molecular weight excluding hydrogens is 371 g/mol. The maximum atomic E-state index is 13.9. The van der Waals surface area contributed by atoms with Crippen LogP contribution in [-0.2, 0) is 9.53 Å². The summed E-state index contributed by atoms with van der Waals surface area (Å²) in [6, 6.07) is 5.95. The molecule has 0 radical (unpaired) electrons. The molecule has 0 saturated carbocycles. The van der Waals surface area contributed by atoms with Gasteiger partial charge in [0.05, 0.1) is 7.11 Å². The molecule has 1 unspecified atom stereocenters. The number of nitrogens with one attached hydrogen (secondary N) is 2. The van der Waals surface area contributed by atoms with Crippen molar-refractivity contribution in [3.63, 3.8) is 0 Å². The van der Waals surface area contributed by atoms with Crippen LogP contribution < -0.4 is 10.6 Å². The number of carbonyl (C=O) groups excluding carboxylic acids is 2. The van der Waals surface area contributed by atoms with E-state index in [0.717, 1.165) is 18.4 Å². The van der Waals surface area contributed by atoms with E-state index in [1.807, 2.05) is 5.32 Å². The largest absolute Gasteiger partial charge is 0.466 e. The van der Waals surface area contributed by atoms with E-state index in [0.29, 0.717) is 10.4 Å². The second kappa shape index (κ2) is 7.32. The quantitative estimate of drug-likeness (QED) is 0.609. The molecule has 0 saturated heterocycles. The Balaban J connectivity index is 2.47. The third kappa shape index (κ3) is 3.96. The van der Waals surface area contributed by atoms with Gasteiger partial charge in [-0.25, -0.2) is 9.78 Å². The Morgan fingerprint density at radius 1 is 1.23 bits per heavy atom. The lowest BCUT2D eigenvalue weighted by Gasteiger charge is -2.34. The monoisotopic (exact) mass is 387 g/mol. The minimum absolute atomic E-state index is 0.0281. The molecule has 0 aliphatic heterocycles. The number of alkyl halides is 3. The van der Waals surface area contributed by atoms with Crippen LogP contribution in [0, 0.1) is 13.8 Å². The van der Waals surface area contributed by atoms with Gasteiger partial charge in [0, 0.05) is 16.6 Å². The predicted octanol–water partition coefficient (Wildman–Crippen LogP) is 3.03. The number of hydrogen-bond donors (Lipinski definition) is 2. The molecule has 0 bridgehead atoms. The SMILES string of the molecule is COC(=O)C(NC(=O)c1cccc(C)c1)(Nc1ncc(C)s1)C(F)(F)F. The first-order valence-corrected chi connectivity index (χ1v) is 8.15. The molecule has 140 valence electrons. The molecule has 0 aliphatic rings. The molecule has 0 aliphatic carbocycles. The van der Waals surface area contributed by atoms with Gasteiger partial charge < -0.3 is 15.4 Å². The zero-order chi connectivity index (χ0) is 19.5. The van der Waals surface area contributed by atoms with Crippen molar-refractivity contribution in [2.75, 3.05) is 12.4 Å². The third-order valence-electron chi connectivity index (χ3n) is 3.41. The number of carbonyl (C=O) groups is 2. The number of methoxy groups -OCH3 is 1. The topological polar surface area (TPSA) is 80.3 Å². The van der Waals surface area contributed by atoms with Gasteiger partial charge in [-0.05, 0) is 26.0 Å². The molecule has 6 nitrogen and oxygen atoms in total. The standard InChI is InChI=1S/C16H16F3N3O3S/c1-9-5-4-6-11(7-9)12(23)21-15(13(24)25-3,16(17,18)19)22-14-20-8-10(2)26-14/h4-8H,1-3H3,(H,20,22)(H,21,23). The highest BCUT2D eigenvalue weighted by Gasteiger charge is 2.64. The van der Waals surface area contributed by atoms with Crippen LogP contribution >= 0.6 is 11.3 Å². The van der Waals surface area contributed by atoms with Gasteiger partial charge in [0.1, 0.15) is 0 Å². The van der Waals surface area contributed by atoms with E-state index in [-0.39, 0.29) is 10.7 Å². The molecule has 1 amide bonds. The molecule has 2 rings (SSSR count). The molecule has 0 spiro atoms. The number of anilines is 1. The van der Waals surface area contributed by atoms with E-state index in [4.69, 9.17) is 0 Å². The van der Waals surface area contributed by atoms with Crippen LogP contribution in [0.25, 0.3) is 0 Å². The molecular formula is C16H16F3N3O3S. The molecule has 1 atom stereocenters. The fourth-order valence-corrected chi connectivity index (χ4v) is 2.87. The minimum atomic E-state index is -5.20. The summed E-state index contributed by atoms with van der Waals surface area (Å²) < 4.78 is 45.9. The average Bonchev–Trinajstić information content (AvgIpc) is 2.97. The van der Waals surface area contributed by atoms with Crippen LogP contribution in [0.3, 0.4) is 0 Å². The molecule has 1 heterocycles. The highest BCUT2D eigenvalue weighted by Crippen LogP contribution is 2.34. The fraction of sp³-hybridized carbons (Fsp3) is 0.312.